The van der Waals surface area contributed by atoms with Gasteiger partial charge in [0.05, 0.1) is 27.8 Å². The monoisotopic (exact) mass is 473 g/mol. The molecule has 0 N–H and O–H groups in total. The van der Waals surface area contributed by atoms with Crippen LogP contribution in [0.2, 0.25) is 0 Å². The summed E-state index contributed by atoms with van der Waals surface area (Å²) in [7, 11) is -0.806. The fraction of sp³-hybridized carbons (Fsp3) is 0.318. The van der Waals surface area contributed by atoms with Crippen LogP contribution in [0.5, 0.6) is 0 Å². The summed E-state index contributed by atoms with van der Waals surface area (Å²) in [6.07, 6.45) is 0.743. The molecule has 2 aromatic carbocycles. The van der Waals surface area contributed by atoms with Crippen molar-refractivity contribution in [3.8, 4) is 0 Å². The summed E-state index contributed by atoms with van der Waals surface area (Å²) in [4.78, 5) is 29.7. The van der Waals surface area contributed by atoms with E-state index in [1.54, 1.807) is 12.1 Å². The lowest BCUT2D eigenvalue weighted by molar-refractivity contribution is -0.122. The number of thiazole rings is 1. The smallest absolute Gasteiger partial charge is 0.339 e. The quantitative estimate of drug-likeness (QED) is 0.543. The van der Waals surface area contributed by atoms with Crippen LogP contribution in [0.3, 0.4) is 0 Å². The van der Waals surface area contributed by atoms with E-state index in [0.29, 0.717) is 17.6 Å². The number of aromatic nitrogens is 1. The number of benzene rings is 2. The van der Waals surface area contributed by atoms with Crippen molar-refractivity contribution < 1.29 is 22.7 Å². The Morgan fingerprint density at radius 1 is 1.06 bits per heavy atom. The van der Waals surface area contributed by atoms with E-state index in [9.17, 15) is 18.0 Å². The fourth-order valence-corrected chi connectivity index (χ4v) is 6.50. The largest absolute Gasteiger partial charge is 0.465 e. The van der Waals surface area contributed by atoms with E-state index in [4.69, 9.17) is 4.74 Å². The fourth-order valence-electron chi connectivity index (χ4n) is 3.83. The molecule has 0 saturated carbocycles. The van der Waals surface area contributed by atoms with Gasteiger partial charge in [-0.15, -0.1) is 0 Å². The van der Waals surface area contributed by atoms with E-state index in [0.717, 1.165) is 10.2 Å². The van der Waals surface area contributed by atoms with Gasteiger partial charge >= 0.3 is 5.97 Å². The van der Waals surface area contributed by atoms with Gasteiger partial charge in [0.25, 0.3) is 5.91 Å². The van der Waals surface area contributed by atoms with Gasteiger partial charge in [-0.2, -0.15) is 9.30 Å². The normalized spacial score (nSPS) is 16.4. The maximum atomic E-state index is 13.1. The molecule has 3 aromatic rings. The lowest BCUT2D eigenvalue weighted by atomic mass is 9.98. The molecule has 1 saturated heterocycles. The molecule has 1 aliphatic rings. The molecular formula is C22H23N3O5S2. The van der Waals surface area contributed by atoms with Crippen molar-refractivity contribution in [3.63, 3.8) is 0 Å². The van der Waals surface area contributed by atoms with E-state index in [2.05, 4.69) is 4.99 Å². The van der Waals surface area contributed by atoms with Gasteiger partial charge in [0.15, 0.2) is 4.80 Å². The molecule has 0 bridgehead atoms. The van der Waals surface area contributed by atoms with E-state index in [1.807, 2.05) is 35.9 Å². The maximum absolute atomic E-state index is 13.1. The molecule has 0 spiro atoms. The Bertz CT molecular complexity index is 1350. The van der Waals surface area contributed by atoms with Gasteiger partial charge in [-0.05, 0) is 37.1 Å². The highest BCUT2D eigenvalue weighted by Gasteiger charge is 2.34. The standard InChI is InChI=1S/C22H23N3O5S2/c1-24-17-8-4-5-9-18(17)31-22(24)23-20(26)15-11-13-25(14-12-15)32(28,29)19-10-6-3-7-16(19)21(27)30-2/h3-10,15H,11-14H2,1-2H3. The summed E-state index contributed by atoms with van der Waals surface area (Å²) in [5, 5.41) is 0. The molecular weight excluding hydrogens is 450 g/mol. The average molecular weight is 474 g/mol. The van der Waals surface area contributed by atoms with Crippen LogP contribution < -0.4 is 4.80 Å². The summed E-state index contributed by atoms with van der Waals surface area (Å²) in [6, 6.07) is 13.8. The van der Waals surface area contributed by atoms with Gasteiger partial charge in [-0.1, -0.05) is 35.6 Å². The molecule has 10 heteroatoms. The SMILES string of the molecule is COC(=O)c1ccccc1S(=O)(=O)N1CCC(C(=O)N=c2sc3ccccc3n2C)CC1. The summed E-state index contributed by atoms with van der Waals surface area (Å²) < 4.78 is 35.3. The minimum absolute atomic E-state index is 0.000427. The maximum Gasteiger partial charge on any atom is 0.339 e. The van der Waals surface area contributed by atoms with E-state index in [-0.39, 0.29) is 35.4 Å². The molecule has 0 atom stereocenters. The van der Waals surface area contributed by atoms with Gasteiger partial charge in [0, 0.05) is 26.1 Å². The van der Waals surface area contributed by atoms with Gasteiger partial charge in [0.1, 0.15) is 0 Å². The number of piperidine rings is 1. The second kappa shape index (κ2) is 8.97. The number of hydrogen-bond acceptors (Lipinski definition) is 6. The minimum atomic E-state index is -3.89. The summed E-state index contributed by atoms with van der Waals surface area (Å²) in [6.45, 7) is 0.366. The second-order valence-electron chi connectivity index (χ2n) is 7.53. The van der Waals surface area contributed by atoms with E-state index in [1.165, 1.54) is 34.9 Å². The molecule has 2 heterocycles. The number of para-hydroxylation sites is 1. The summed E-state index contributed by atoms with van der Waals surface area (Å²) in [5.74, 6) is -1.29. The number of nitrogens with zero attached hydrogens (tertiary/aromatic N) is 3. The molecule has 0 unspecified atom stereocenters. The van der Waals surface area contributed by atoms with Crippen molar-refractivity contribution in [1.82, 2.24) is 8.87 Å². The van der Waals surface area contributed by atoms with E-state index >= 15 is 0 Å². The average Bonchev–Trinajstić information content (AvgIpc) is 3.13. The Kier molecular flexibility index (Phi) is 6.27. The van der Waals surface area contributed by atoms with Crippen LogP contribution >= 0.6 is 11.3 Å². The van der Waals surface area contributed by atoms with Crippen molar-refractivity contribution >= 4 is 43.5 Å². The Balaban J connectivity index is 1.51. The first-order valence-electron chi connectivity index (χ1n) is 10.1. The second-order valence-corrected chi connectivity index (χ2v) is 10.4. The Labute approximate surface area is 189 Å². The third kappa shape index (κ3) is 4.13. The molecule has 4 rings (SSSR count). The third-order valence-electron chi connectivity index (χ3n) is 5.63. The predicted molar refractivity (Wildman–Crippen MR) is 121 cm³/mol. The highest BCUT2D eigenvalue weighted by atomic mass is 32.2. The number of methoxy groups -OCH3 is 1. The molecule has 32 heavy (non-hydrogen) atoms. The van der Waals surface area contributed by atoms with Crippen molar-refractivity contribution in [3.05, 3.63) is 58.9 Å². The predicted octanol–water partition coefficient (Wildman–Crippen LogP) is 2.55. The number of sulfonamides is 1. The number of ether oxygens (including phenoxy) is 1. The zero-order valence-electron chi connectivity index (χ0n) is 17.7. The van der Waals surface area contributed by atoms with Crippen LogP contribution in [-0.4, -0.2) is 49.4 Å². The van der Waals surface area contributed by atoms with Crippen LogP contribution in [0, 0.1) is 5.92 Å². The first-order valence-corrected chi connectivity index (χ1v) is 12.4. The number of fused-ring (bicyclic) bond motifs is 1. The molecule has 1 amide bonds. The third-order valence-corrected chi connectivity index (χ3v) is 8.70. The number of carbonyl (C=O) groups is 2. The Morgan fingerprint density at radius 3 is 2.41 bits per heavy atom. The van der Waals surface area contributed by atoms with Crippen LogP contribution in [0.25, 0.3) is 10.2 Å². The van der Waals surface area contributed by atoms with Crippen LogP contribution in [0.1, 0.15) is 23.2 Å². The van der Waals surface area contributed by atoms with Crippen molar-refractivity contribution in [2.75, 3.05) is 20.2 Å². The number of esters is 1. The van der Waals surface area contributed by atoms with Crippen molar-refractivity contribution in [2.24, 2.45) is 18.0 Å². The zero-order chi connectivity index (χ0) is 22.9. The van der Waals surface area contributed by atoms with Gasteiger partial charge < -0.3 is 9.30 Å². The highest BCUT2D eigenvalue weighted by Crippen LogP contribution is 2.27. The molecule has 8 nitrogen and oxygen atoms in total. The molecule has 0 aliphatic carbocycles. The number of hydrogen-bond donors (Lipinski definition) is 0. The van der Waals surface area contributed by atoms with Crippen LogP contribution in [0.4, 0.5) is 0 Å². The molecule has 168 valence electrons. The highest BCUT2D eigenvalue weighted by molar-refractivity contribution is 7.89. The number of rotatable bonds is 4. The number of carbonyl (C=O) groups excluding carboxylic acids is 2. The van der Waals surface area contributed by atoms with E-state index < -0.39 is 16.0 Å². The van der Waals surface area contributed by atoms with Gasteiger partial charge in [-0.25, -0.2) is 13.2 Å². The number of amides is 1. The lowest BCUT2D eigenvalue weighted by Crippen LogP contribution is -2.40. The minimum Gasteiger partial charge on any atom is -0.465 e. The Hall–Kier alpha value is -2.82. The topological polar surface area (TPSA) is 98.0 Å². The van der Waals surface area contributed by atoms with Gasteiger partial charge in [0.2, 0.25) is 10.0 Å². The van der Waals surface area contributed by atoms with Crippen molar-refractivity contribution in [2.45, 2.75) is 17.7 Å². The summed E-state index contributed by atoms with van der Waals surface area (Å²) >= 11 is 1.45. The first-order chi connectivity index (χ1) is 15.3. The number of aryl methyl sites for hydroxylation is 1. The van der Waals surface area contributed by atoms with Crippen LogP contribution in [0.15, 0.2) is 58.4 Å². The molecule has 1 fully saturated rings. The van der Waals surface area contributed by atoms with Crippen molar-refractivity contribution in [1.29, 1.82) is 0 Å². The Morgan fingerprint density at radius 2 is 1.72 bits per heavy atom. The molecule has 0 radical (unpaired) electrons. The zero-order valence-corrected chi connectivity index (χ0v) is 19.4. The molecule has 1 aliphatic heterocycles. The molecule has 1 aromatic heterocycles. The van der Waals surface area contributed by atoms with Gasteiger partial charge in [-0.3, -0.25) is 4.79 Å². The van der Waals surface area contributed by atoms with Crippen LogP contribution in [-0.2, 0) is 26.6 Å². The lowest BCUT2D eigenvalue weighted by Gasteiger charge is -2.30. The first kappa shape index (κ1) is 22.4. The summed E-state index contributed by atoms with van der Waals surface area (Å²) in [5.41, 5.74) is 1.01.